The second-order valence-electron chi connectivity index (χ2n) is 3.08. The maximum atomic E-state index is 11.5. The molecule has 1 amide bonds. The Morgan fingerprint density at radius 1 is 1.64 bits per heavy atom. The molecule has 0 saturated carbocycles. The maximum Gasteiger partial charge on any atom is 0.251 e. The summed E-state index contributed by atoms with van der Waals surface area (Å²) in [5.41, 5.74) is 0.470. The van der Waals surface area contributed by atoms with Gasteiger partial charge in [0.25, 0.3) is 5.91 Å². The summed E-state index contributed by atoms with van der Waals surface area (Å²) < 4.78 is 0. The minimum atomic E-state index is -0.173. The molecule has 4 heteroatoms. The molecule has 1 aromatic carbocycles. The first-order valence-corrected chi connectivity index (χ1v) is 5.41. The van der Waals surface area contributed by atoms with Gasteiger partial charge in [-0.3, -0.25) is 4.79 Å². The van der Waals surface area contributed by atoms with Crippen molar-refractivity contribution < 1.29 is 9.90 Å². The van der Waals surface area contributed by atoms with Crippen LogP contribution >= 0.6 is 15.9 Å². The van der Waals surface area contributed by atoms with Crippen molar-refractivity contribution in [3.63, 3.8) is 0 Å². The Balaban J connectivity index is 2.70. The van der Waals surface area contributed by atoms with Crippen LogP contribution in [0.5, 0.6) is 5.75 Å². The van der Waals surface area contributed by atoms with Gasteiger partial charge >= 0.3 is 0 Å². The smallest absolute Gasteiger partial charge is 0.251 e. The number of rotatable bonds is 3. The zero-order valence-corrected chi connectivity index (χ0v) is 9.41. The predicted molar refractivity (Wildman–Crippen MR) is 58.8 cm³/mol. The number of benzene rings is 1. The van der Waals surface area contributed by atoms with Gasteiger partial charge in [-0.1, -0.05) is 22.0 Å². The molecule has 1 rings (SSSR count). The minimum Gasteiger partial charge on any atom is -0.508 e. The molecule has 2 N–H and O–H groups in total. The lowest BCUT2D eigenvalue weighted by Gasteiger charge is -2.10. The van der Waals surface area contributed by atoms with Crippen LogP contribution in [0.25, 0.3) is 0 Å². The van der Waals surface area contributed by atoms with E-state index in [0.29, 0.717) is 10.9 Å². The lowest BCUT2D eigenvalue weighted by atomic mass is 10.2. The summed E-state index contributed by atoms with van der Waals surface area (Å²) in [7, 11) is 0. The van der Waals surface area contributed by atoms with Crippen molar-refractivity contribution in [3.8, 4) is 5.75 Å². The van der Waals surface area contributed by atoms with Crippen LogP contribution in [0.1, 0.15) is 17.3 Å². The third-order valence-electron chi connectivity index (χ3n) is 1.72. The van der Waals surface area contributed by atoms with E-state index < -0.39 is 0 Å². The van der Waals surface area contributed by atoms with Crippen molar-refractivity contribution in [1.29, 1.82) is 0 Å². The van der Waals surface area contributed by atoms with Gasteiger partial charge in [0.2, 0.25) is 0 Å². The highest BCUT2D eigenvalue weighted by atomic mass is 79.9. The number of alkyl halides is 1. The molecule has 1 unspecified atom stereocenters. The SMILES string of the molecule is CC(CBr)NC(=O)c1cccc(O)c1. The summed E-state index contributed by atoms with van der Waals surface area (Å²) in [6, 6.07) is 6.35. The van der Waals surface area contributed by atoms with E-state index in [-0.39, 0.29) is 17.7 Å². The third kappa shape index (κ3) is 3.03. The first kappa shape index (κ1) is 11.0. The number of phenolic OH excluding ortho intramolecular Hbond substituents is 1. The van der Waals surface area contributed by atoms with Crippen molar-refractivity contribution in [2.24, 2.45) is 0 Å². The van der Waals surface area contributed by atoms with Crippen LogP contribution in [0.3, 0.4) is 0 Å². The predicted octanol–water partition coefficient (Wildman–Crippen LogP) is 1.91. The molecule has 14 heavy (non-hydrogen) atoms. The minimum absolute atomic E-state index is 0.0739. The fourth-order valence-corrected chi connectivity index (χ4v) is 1.15. The summed E-state index contributed by atoms with van der Waals surface area (Å²) in [5.74, 6) is -0.0722. The molecule has 0 aliphatic carbocycles. The molecule has 0 radical (unpaired) electrons. The average Bonchev–Trinajstić information content (AvgIpc) is 2.17. The first-order valence-electron chi connectivity index (χ1n) is 4.29. The molecule has 0 aliphatic heterocycles. The van der Waals surface area contributed by atoms with Gasteiger partial charge in [0.1, 0.15) is 5.75 Å². The van der Waals surface area contributed by atoms with Gasteiger partial charge in [-0.2, -0.15) is 0 Å². The summed E-state index contributed by atoms with van der Waals surface area (Å²) in [4.78, 5) is 11.5. The summed E-state index contributed by atoms with van der Waals surface area (Å²) in [6.45, 7) is 1.90. The largest absolute Gasteiger partial charge is 0.508 e. The topological polar surface area (TPSA) is 49.3 Å². The number of phenols is 1. The van der Waals surface area contributed by atoms with Crippen LogP contribution < -0.4 is 5.32 Å². The molecular formula is C10H12BrNO2. The van der Waals surface area contributed by atoms with Crippen LogP contribution in [0.15, 0.2) is 24.3 Å². The first-order chi connectivity index (χ1) is 6.63. The molecule has 0 spiro atoms. The molecule has 0 saturated heterocycles. The quantitative estimate of drug-likeness (QED) is 0.813. The molecule has 0 aromatic heterocycles. The van der Waals surface area contributed by atoms with E-state index in [1.165, 1.54) is 12.1 Å². The highest BCUT2D eigenvalue weighted by Gasteiger charge is 2.08. The third-order valence-corrected chi connectivity index (χ3v) is 2.69. The number of amides is 1. The van der Waals surface area contributed by atoms with E-state index in [4.69, 9.17) is 5.11 Å². The van der Waals surface area contributed by atoms with E-state index in [1.807, 2.05) is 6.92 Å². The molecule has 1 atom stereocenters. The number of carbonyl (C=O) groups excluding carboxylic acids is 1. The van der Waals surface area contributed by atoms with E-state index in [2.05, 4.69) is 21.2 Å². The van der Waals surface area contributed by atoms with E-state index in [1.54, 1.807) is 12.1 Å². The highest BCUT2D eigenvalue weighted by Crippen LogP contribution is 2.10. The van der Waals surface area contributed by atoms with Gasteiger partial charge in [0.15, 0.2) is 0 Å². The van der Waals surface area contributed by atoms with E-state index in [9.17, 15) is 4.79 Å². The van der Waals surface area contributed by atoms with Crippen molar-refractivity contribution >= 4 is 21.8 Å². The normalized spacial score (nSPS) is 12.1. The Morgan fingerprint density at radius 3 is 2.93 bits per heavy atom. The van der Waals surface area contributed by atoms with Crippen molar-refractivity contribution in [1.82, 2.24) is 5.32 Å². The number of carbonyl (C=O) groups is 1. The van der Waals surface area contributed by atoms with Crippen LogP contribution in [0.2, 0.25) is 0 Å². The Kier molecular flexibility index (Phi) is 3.95. The van der Waals surface area contributed by atoms with Crippen LogP contribution in [-0.4, -0.2) is 22.4 Å². The Labute approximate surface area is 91.3 Å². The molecular weight excluding hydrogens is 246 g/mol. The second-order valence-corrected chi connectivity index (χ2v) is 3.73. The molecule has 0 fully saturated rings. The van der Waals surface area contributed by atoms with Crippen molar-refractivity contribution in [2.45, 2.75) is 13.0 Å². The Hall–Kier alpha value is -1.03. The fourth-order valence-electron chi connectivity index (χ4n) is 0.993. The van der Waals surface area contributed by atoms with Gasteiger partial charge in [-0.05, 0) is 25.1 Å². The molecule has 1 aromatic rings. The summed E-state index contributed by atoms with van der Waals surface area (Å²) >= 11 is 3.27. The lowest BCUT2D eigenvalue weighted by molar-refractivity contribution is 0.0943. The van der Waals surface area contributed by atoms with Crippen LogP contribution in [-0.2, 0) is 0 Å². The van der Waals surface area contributed by atoms with E-state index >= 15 is 0 Å². The molecule has 0 bridgehead atoms. The number of hydrogen-bond donors (Lipinski definition) is 2. The number of hydrogen-bond acceptors (Lipinski definition) is 2. The maximum absolute atomic E-state index is 11.5. The summed E-state index contributed by atoms with van der Waals surface area (Å²) in [5, 5.41) is 12.6. The lowest BCUT2D eigenvalue weighted by Crippen LogP contribution is -2.33. The monoisotopic (exact) mass is 257 g/mol. The second kappa shape index (κ2) is 5.00. The van der Waals surface area contributed by atoms with Crippen molar-refractivity contribution in [3.05, 3.63) is 29.8 Å². The van der Waals surface area contributed by atoms with Gasteiger partial charge in [-0.15, -0.1) is 0 Å². The van der Waals surface area contributed by atoms with Gasteiger partial charge in [0.05, 0.1) is 0 Å². The number of nitrogens with one attached hydrogen (secondary N) is 1. The van der Waals surface area contributed by atoms with Gasteiger partial charge in [0, 0.05) is 16.9 Å². The Bertz CT molecular complexity index is 328. The van der Waals surface area contributed by atoms with Gasteiger partial charge in [-0.25, -0.2) is 0 Å². The van der Waals surface area contributed by atoms with Crippen LogP contribution in [0, 0.1) is 0 Å². The zero-order valence-electron chi connectivity index (χ0n) is 7.83. The molecule has 0 heterocycles. The number of halogens is 1. The molecule has 0 aliphatic rings. The van der Waals surface area contributed by atoms with E-state index in [0.717, 1.165) is 0 Å². The molecule has 76 valence electrons. The Morgan fingerprint density at radius 2 is 2.36 bits per heavy atom. The zero-order chi connectivity index (χ0) is 10.6. The average molecular weight is 258 g/mol. The highest BCUT2D eigenvalue weighted by molar-refractivity contribution is 9.09. The van der Waals surface area contributed by atoms with Crippen molar-refractivity contribution in [2.75, 3.05) is 5.33 Å². The van der Waals surface area contributed by atoms with Gasteiger partial charge < -0.3 is 10.4 Å². The van der Waals surface area contributed by atoms with Crippen LogP contribution in [0.4, 0.5) is 0 Å². The number of aromatic hydroxyl groups is 1. The molecule has 3 nitrogen and oxygen atoms in total. The standard InChI is InChI=1S/C10H12BrNO2/c1-7(6-11)12-10(14)8-3-2-4-9(13)5-8/h2-5,7,13H,6H2,1H3,(H,12,14). The fraction of sp³-hybridized carbons (Fsp3) is 0.300. The summed E-state index contributed by atoms with van der Waals surface area (Å²) in [6.07, 6.45) is 0.